The number of fused-ring (bicyclic) bond motifs is 1. The number of hydrogen-bond donors (Lipinski definition) is 2. The van der Waals surface area contributed by atoms with E-state index in [1.54, 1.807) is 0 Å². The highest BCUT2D eigenvalue weighted by molar-refractivity contribution is 5.81. The molecule has 0 fully saturated rings. The number of carbonyl (C=O) groups excluding carboxylic acids is 1. The number of para-hydroxylation sites is 1. The zero-order chi connectivity index (χ0) is 14.4. The molecule has 4 heteroatoms. The number of hydrogen-bond acceptors (Lipinski definition) is 3. The van der Waals surface area contributed by atoms with Crippen LogP contribution in [0.25, 0.3) is 10.9 Å². The van der Waals surface area contributed by atoms with Crippen molar-refractivity contribution in [2.75, 3.05) is 13.1 Å². The average Bonchev–Trinajstić information content (AvgIpc) is 2.46. The monoisotopic (exact) mass is 271 g/mol. The van der Waals surface area contributed by atoms with Crippen LogP contribution in [0.2, 0.25) is 0 Å². The molecule has 0 aliphatic carbocycles. The Morgan fingerprint density at radius 3 is 2.80 bits per heavy atom. The van der Waals surface area contributed by atoms with Gasteiger partial charge >= 0.3 is 0 Å². The Morgan fingerprint density at radius 2 is 2.00 bits per heavy atom. The number of carbonyl (C=O) groups is 1. The van der Waals surface area contributed by atoms with Gasteiger partial charge in [-0.05, 0) is 17.7 Å². The van der Waals surface area contributed by atoms with Gasteiger partial charge in [0, 0.05) is 37.1 Å². The molecule has 0 atom stereocenters. The molecule has 1 aromatic heterocycles. The van der Waals surface area contributed by atoms with Gasteiger partial charge < -0.3 is 10.6 Å². The van der Waals surface area contributed by atoms with Gasteiger partial charge in [0.05, 0.1) is 5.52 Å². The second-order valence-corrected chi connectivity index (χ2v) is 5.11. The van der Waals surface area contributed by atoms with E-state index in [-0.39, 0.29) is 11.8 Å². The molecule has 2 rings (SSSR count). The molecule has 0 unspecified atom stereocenters. The summed E-state index contributed by atoms with van der Waals surface area (Å²) in [6.07, 6.45) is 1.83. The lowest BCUT2D eigenvalue weighted by molar-refractivity contribution is -0.123. The highest BCUT2D eigenvalue weighted by Crippen LogP contribution is 2.15. The predicted octanol–water partition coefficient (Wildman–Crippen LogP) is 2.10. The van der Waals surface area contributed by atoms with Crippen molar-refractivity contribution in [3.8, 4) is 0 Å². The van der Waals surface area contributed by atoms with Crippen LogP contribution in [0.1, 0.15) is 19.4 Å². The SMILES string of the molecule is CC(C)C(=O)NCCNCc1ccnc2ccccc12. The lowest BCUT2D eigenvalue weighted by atomic mass is 10.1. The Hall–Kier alpha value is -1.94. The van der Waals surface area contributed by atoms with Crippen molar-refractivity contribution in [3.63, 3.8) is 0 Å². The first-order valence-corrected chi connectivity index (χ1v) is 6.99. The standard InChI is InChI=1S/C16H21N3O/c1-12(2)16(20)19-10-9-17-11-13-7-8-18-15-6-4-3-5-14(13)15/h3-8,12,17H,9-11H2,1-2H3,(H,19,20). The van der Waals surface area contributed by atoms with E-state index in [4.69, 9.17) is 0 Å². The smallest absolute Gasteiger partial charge is 0.222 e. The predicted molar refractivity (Wildman–Crippen MR) is 81.3 cm³/mol. The van der Waals surface area contributed by atoms with Crippen LogP contribution in [0.15, 0.2) is 36.5 Å². The first-order chi connectivity index (χ1) is 9.68. The van der Waals surface area contributed by atoms with Gasteiger partial charge in [0.2, 0.25) is 5.91 Å². The van der Waals surface area contributed by atoms with E-state index in [0.717, 1.165) is 18.6 Å². The first kappa shape index (κ1) is 14.5. The first-order valence-electron chi connectivity index (χ1n) is 6.99. The zero-order valence-corrected chi connectivity index (χ0v) is 12.0. The Labute approximate surface area is 119 Å². The van der Waals surface area contributed by atoms with Crippen LogP contribution in [-0.2, 0) is 11.3 Å². The molecule has 0 saturated heterocycles. The maximum Gasteiger partial charge on any atom is 0.222 e. The van der Waals surface area contributed by atoms with Gasteiger partial charge in [0.1, 0.15) is 0 Å². The van der Waals surface area contributed by atoms with Crippen molar-refractivity contribution in [1.82, 2.24) is 15.6 Å². The summed E-state index contributed by atoms with van der Waals surface area (Å²) in [5.41, 5.74) is 2.24. The maximum absolute atomic E-state index is 11.4. The van der Waals surface area contributed by atoms with Gasteiger partial charge in [0.25, 0.3) is 0 Å². The number of benzene rings is 1. The maximum atomic E-state index is 11.4. The fourth-order valence-electron chi connectivity index (χ4n) is 2.01. The molecule has 4 nitrogen and oxygen atoms in total. The highest BCUT2D eigenvalue weighted by atomic mass is 16.1. The molecule has 0 bridgehead atoms. The molecule has 0 saturated carbocycles. The fraction of sp³-hybridized carbons (Fsp3) is 0.375. The average molecular weight is 271 g/mol. The summed E-state index contributed by atoms with van der Waals surface area (Å²) in [6.45, 7) is 5.98. The van der Waals surface area contributed by atoms with Gasteiger partial charge in [-0.2, -0.15) is 0 Å². The largest absolute Gasteiger partial charge is 0.355 e. The van der Waals surface area contributed by atoms with Crippen molar-refractivity contribution in [2.24, 2.45) is 5.92 Å². The third kappa shape index (κ3) is 3.78. The Bertz CT molecular complexity index is 575. The number of nitrogens with one attached hydrogen (secondary N) is 2. The molecule has 2 N–H and O–H groups in total. The van der Waals surface area contributed by atoms with Crippen LogP contribution in [0.4, 0.5) is 0 Å². The van der Waals surface area contributed by atoms with Gasteiger partial charge in [-0.1, -0.05) is 32.0 Å². The van der Waals surface area contributed by atoms with E-state index in [1.165, 1.54) is 10.9 Å². The minimum absolute atomic E-state index is 0.0409. The van der Waals surface area contributed by atoms with Crippen molar-refractivity contribution in [3.05, 3.63) is 42.1 Å². The van der Waals surface area contributed by atoms with E-state index in [2.05, 4.69) is 21.7 Å². The van der Waals surface area contributed by atoms with E-state index in [9.17, 15) is 4.79 Å². The molecule has 1 amide bonds. The molecule has 1 aromatic carbocycles. The molecule has 106 valence electrons. The topological polar surface area (TPSA) is 54.0 Å². The molecule has 0 aliphatic heterocycles. The van der Waals surface area contributed by atoms with E-state index in [0.29, 0.717) is 6.54 Å². The van der Waals surface area contributed by atoms with Crippen LogP contribution < -0.4 is 10.6 Å². The third-order valence-corrected chi connectivity index (χ3v) is 3.18. The second-order valence-electron chi connectivity index (χ2n) is 5.11. The fourth-order valence-corrected chi connectivity index (χ4v) is 2.01. The minimum Gasteiger partial charge on any atom is -0.355 e. The summed E-state index contributed by atoms with van der Waals surface area (Å²) in [4.78, 5) is 15.7. The van der Waals surface area contributed by atoms with Crippen LogP contribution in [0.3, 0.4) is 0 Å². The van der Waals surface area contributed by atoms with Crippen LogP contribution in [0, 0.1) is 5.92 Å². The Balaban J connectivity index is 1.83. The summed E-state index contributed by atoms with van der Waals surface area (Å²) >= 11 is 0. The number of nitrogens with zero attached hydrogens (tertiary/aromatic N) is 1. The summed E-state index contributed by atoms with van der Waals surface area (Å²) in [5.74, 6) is 0.139. The van der Waals surface area contributed by atoms with Crippen LogP contribution in [0.5, 0.6) is 0 Å². The summed E-state index contributed by atoms with van der Waals surface area (Å²) < 4.78 is 0. The van der Waals surface area contributed by atoms with Crippen molar-refractivity contribution in [1.29, 1.82) is 0 Å². The summed E-state index contributed by atoms with van der Waals surface area (Å²) in [5, 5.41) is 7.41. The minimum atomic E-state index is 0.0409. The van der Waals surface area contributed by atoms with E-state index in [1.807, 2.05) is 44.3 Å². The number of aromatic nitrogens is 1. The molecular formula is C16H21N3O. The molecule has 0 spiro atoms. The van der Waals surface area contributed by atoms with Crippen molar-refractivity contribution >= 4 is 16.8 Å². The summed E-state index contributed by atoms with van der Waals surface area (Å²) in [6, 6.07) is 10.1. The molecule has 2 aromatic rings. The quantitative estimate of drug-likeness (QED) is 0.791. The summed E-state index contributed by atoms with van der Waals surface area (Å²) in [7, 11) is 0. The van der Waals surface area contributed by atoms with Gasteiger partial charge in [0.15, 0.2) is 0 Å². The van der Waals surface area contributed by atoms with Crippen LogP contribution >= 0.6 is 0 Å². The third-order valence-electron chi connectivity index (χ3n) is 3.18. The lowest BCUT2D eigenvalue weighted by Gasteiger charge is -2.10. The van der Waals surface area contributed by atoms with E-state index >= 15 is 0 Å². The molecule has 1 heterocycles. The van der Waals surface area contributed by atoms with E-state index < -0.39 is 0 Å². The van der Waals surface area contributed by atoms with Crippen molar-refractivity contribution < 1.29 is 4.79 Å². The van der Waals surface area contributed by atoms with Gasteiger partial charge in [-0.15, -0.1) is 0 Å². The number of pyridine rings is 1. The normalized spacial score (nSPS) is 10.9. The Morgan fingerprint density at radius 1 is 1.20 bits per heavy atom. The van der Waals surface area contributed by atoms with Crippen LogP contribution in [-0.4, -0.2) is 24.0 Å². The zero-order valence-electron chi connectivity index (χ0n) is 12.0. The number of rotatable bonds is 6. The number of amides is 1. The molecule has 20 heavy (non-hydrogen) atoms. The lowest BCUT2D eigenvalue weighted by Crippen LogP contribution is -2.34. The molecule has 0 aliphatic rings. The molecular weight excluding hydrogens is 250 g/mol. The second kappa shape index (κ2) is 7.01. The van der Waals surface area contributed by atoms with Crippen molar-refractivity contribution in [2.45, 2.75) is 20.4 Å². The highest BCUT2D eigenvalue weighted by Gasteiger charge is 2.05. The van der Waals surface area contributed by atoms with Gasteiger partial charge in [-0.25, -0.2) is 0 Å². The van der Waals surface area contributed by atoms with Gasteiger partial charge in [-0.3, -0.25) is 9.78 Å². The molecule has 0 radical (unpaired) electrons. The Kier molecular flexibility index (Phi) is 5.07.